The molecule has 2 aromatic rings. The molecular formula is C16H17N3O6S. The number of amides is 1. The fourth-order valence-corrected chi connectivity index (χ4v) is 4.72. The van der Waals surface area contributed by atoms with Crippen LogP contribution in [0.25, 0.3) is 0 Å². The summed E-state index contributed by atoms with van der Waals surface area (Å²) in [5.41, 5.74) is 0.104. The first kappa shape index (κ1) is 18.1. The number of hydrogen-bond acceptors (Lipinski definition) is 7. The third-order valence-corrected chi connectivity index (χ3v) is 5.86. The lowest BCUT2D eigenvalue weighted by molar-refractivity contribution is -0.384. The second-order valence-corrected chi connectivity index (χ2v) is 8.18. The summed E-state index contributed by atoms with van der Waals surface area (Å²) in [4.78, 5) is 22.5. The SMILES string of the molecule is O=C(N[C@H]1CS(=O)(=O)C[C@H]1NCc1ccco1)c1ccc([N+](=O)[O-])cc1. The Morgan fingerprint density at radius 3 is 2.50 bits per heavy atom. The lowest BCUT2D eigenvalue weighted by atomic mass is 10.1. The van der Waals surface area contributed by atoms with Crippen LogP contribution < -0.4 is 10.6 Å². The highest BCUT2D eigenvalue weighted by Crippen LogP contribution is 2.16. The van der Waals surface area contributed by atoms with Gasteiger partial charge in [-0.3, -0.25) is 14.9 Å². The highest BCUT2D eigenvalue weighted by molar-refractivity contribution is 7.91. The summed E-state index contributed by atoms with van der Waals surface area (Å²) >= 11 is 0. The molecule has 3 rings (SSSR count). The molecule has 26 heavy (non-hydrogen) atoms. The number of nitrogens with zero attached hydrogens (tertiary/aromatic N) is 1. The molecule has 2 heterocycles. The Morgan fingerprint density at radius 2 is 1.88 bits per heavy atom. The first-order valence-corrected chi connectivity index (χ1v) is 9.68. The predicted molar refractivity (Wildman–Crippen MR) is 92.3 cm³/mol. The number of carbonyl (C=O) groups excluding carboxylic acids is 1. The Balaban J connectivity index is 1.67. The zero-order valence-corrected chi connectivity index (χ0v) is 14.4. The Hall–Kier alpha value is -2.72. The monoisotopic (exact) mass is 379 g/mol. The van der Waals surface area contributed by atoms with E-state index in [2.05, 4.69) is 10.6 Å². The molecule has 1 aliphatic rings. The van der Waals surface area contributed by atoms with Crippen LogP contribution in [0.2, 0.25) is 0 Å². The lowest BCUT2D eigenvalue weighted by Gasteiger charge is -2.20. The minimum absolute atomic E-state index is 0.0844. The first-order chi connectivity index (χ1) is 12.3. The number of furan rings is 1. The average molecular weight is 379 g/mol. The number of nitro groups is 1. The molecule has 10 heteroatoms. The van der Waals surface area contributed by atoms with Crippen LogP contribution in [-0.2, 0) is 16.4 Å². The van der Waals surface area contributed by atoms with Crippen LogP contribution in [0.1, 0.15) is 16.1 Å². The largest absolute Gasteiger partial charge is 0.468 e. The maximum Gasteiger partial charge on any atom is 0.269 e. The molecule has 0 radical (unpaired) electrons. The van der Waals surface area contributed by atoms with Gasteiger partial charge in [0, 0.05) is 23.7 Å². The van der Waals surface area contributed by atoms with Crippen LogP contribution >= 0.6 is 0 Å². The molecule has 1 aromatic heterocycles. The molecule has 2 atom stereocenters. The zero-order valence-electron chi connectivity index (χ0n) is 13.6. The summed E-state index contributed by atoms with van der Waals surface area (Å²) in [6.07, 6.45) is 1.52. The van der Waals surface area contributed by atoms with Crippen molar-refractivity contribution >= 4 is 21.4 Å². The summed E-state index contributed by atoms with van der Waals surface area (Å²) < 4.78 is 29.1. The Bertz CT molecular complexity index is 893. The van der Waals surface area contributed by atoms with Crippen molar-refractivity contribution in [1.82, 2.24) is 10.6 Å². The van der Waals surface area contributed by atoms with E-state index in [0.717, 1.165) is 0 Å². The molecule has 1 saturated heterocycles. The molecule has 0 saturated carbocycles. The van der Waals surface area contributed by atoms with Crippen LogP contribution in [0.15, 0.2) is 47.1 Å². The molecule has 0 spiro atoms. The van der Waals surface area contributed by atoms with Gasteiger partial charge in [0.2, 0.25) is 0 Å². The van der Waals surface area contributed by atoms with E-state index in [1.54, 1.807) is 12.1 Å². The van der Waals surface area contributed by atoms with Crippen LogP contribution in [0.5, 0.6) is 0 Å². The number of carbonyl (C=O) groups is 1. The summed E-state index contributed by atoms with van der Waals surface area (Å²) in [5.74, 6) is -0.0676. The minimum Gasteiger partial charge on any atom is -0.468 e. The second-order valence-electron chi connectivity index (χ2n) is 6.03. The predicted octanol–water partition coefficient (Wildman–Crippen LogP) is 0.873. The maximum atomic E-state index is 12.3. The quantitative estimate of drug-likeness (QED) is 0.562. The number of sulfone groups is 1. The summed E-state index contributed by atoms with van der Waals surface area (Å²) in [6, 6.07) is 7.58. The van der Waals surface area contributed by atoms with E-state index in [1.165, 1.54) is 30.5 Å². The zero-order chi connectivity index (χ0) is 18.7. The molecule has 2 N–H and O–H groups in total. The van der Waals surface area contributed by atoms with Crippen molar-refractivity contribution in [3.63, 3.8) is 0 Å². The van der Waals surface area contributed by atoms with Gasteiger partial charge in [-0.1, -0.05) is 0 Å². The topological polar surface area (TPSA) is 132 Å². The number of non-ortho nitro benzene ring substituents is 1. The van der Waals surface area contributed by atoms with Gasteiger partial charge < -0.3 is 15.1 Å². The van der Waals surface area contributed by atoms with Gasteiger partial charge in [-0.05, 0) is 24.3 Å². The van der Waals surface area contributed by atoms with Crippen molar-refractivity contribution < 1.29 is 22.6 Å². The molecule has 138 valence electrons. The molecule has 1 aromatic carbocycles. The van der Waals surface area contributed by atoms with Crippen molar-refractivity contribution in [2.75, 3.05) is 11.5 Å². The van der Waals surface area contributed by atoms with Crippen LogP contribution in [-0.4, -0.2) is 42.8 Å². The first-order valence-electron chi connectivity index (χ1n) is 7.85. The Kier molecular flexibility index (Phi) is 5.05. The van der Waals surface area contributed by atoms with Gasteiger partial charge in [-0.15, -0.1) is 0 Å². The summed E-state index contributed by atoms with van der Waals surface area (Å²) in [6.45, 7) is 0.344. The fourth-order valence-electron chi connectivity index (χ4n) is 2.82. The van der Waals surface area contributed by atoms with Gasteiger partial charge in [0.05, 0.1) is 35.3 Å². The van der Waals surface area contributed by atoms with Crippen molar-refractivity contribution in [2.45, 2.75) is 18.6 Å². The molecule has 9 nitrogen and oxygen atoms in total. The van der Waals surface area contributed by atoms with Gasteiger partial charge in [-0.25, -0.2) is 8.42 Å². The van der Waals surface area contributed by atoms with E-state index >= 15 is 0 Å². The van der Waals surface area contributed by atoms with Crippen molar-refractivity contribution in [1.29, 1.82) is 0 Å². The van der Waals surface area contributed by atoms with Gasteiger partial charge in [0.25, 0.3) is 11.6 Å². The highest BCUT2D eigenvalue weighted by atomic mass is 32.2. The molecule has 1 fully saturated rings. The smallest absolute Gasteiger partial charge is 0.269 e. The Labute approximate surface area is 149 Å². The lowest BCUT2D eigenvalue weighted by Crippen LogP contribution is -2.48. The van der Waals surface area contributed by atoms with Crippen molar-refractivity contribution in [2.24, 2.45) is 0 Å². The number of rotatable bonds is 6. The van der Waals surface area contributed by atoms with E-state index in [1.807, 2.05) is 0 Å². The summed E-state index contributed by atoms with van der Waals surface area (Å²) in [7, 11) is -3.28. The number of nitrogens with one attached hydrogen (secondary N) is 2. The second kappa shape index (κ2) is 7.26. The van der Waals surface area contributed by atoms with E-state index in [-0.39, 0.29) is 22.8 Å². The third-order valence-electron chi connectivity index (χ3n) is 4.13. The fraction of sp³-hybridized carbons (Fsp3) is 0.312. The van der Waals surface area contributed by atoms with Crippen LogP contribution in [0, 0.1) is 10.1 Å². The van der Waals surface area contributed by atoms with E-state index in [9.17, 15) is 23.3 Å². The molecule has 1 amide bonds. The molecular weight excluding hydrogens is 362 g/mol. The van der Waals surface area contributed by atoms with Gasteiger partial charge in [0.1, 0.15) is 5.76 Å². The maximum absolute atomic E-state index is 12.3. The number of benzene rings is 1. The minimum atomic E-state index is -3.28. The highest BCUT2D eigenvalue weighted by Gasteiger charge is 2.38. The average Bonchev–Trinajstić information content (AvgIpc) is 3.20. The van der Waals surface area contributed by atoms with Gasteiger partial charge >= 0.3 is 0 Å². The van der Waals surface area contributed by atoms with Crippen LogP contribution in [0.4, 0.5) is 5.69 Å². The van der Waals surface area contributed by atoms with Crippen molar-refractivity contribution in [3.05, 3.63) is 64.1 Å². The van der Waals surface area contributed by atoms with E-state index < -0.39 is 32.8 Å². The number of nitro benzene ring substituents is 1. The van der Waals surface area contributed by atoms with Gasteiger partial charge in [0.15, 0.2) is 9.84 Å². The standard InChI is InChI=1S/C16H17N3O6S/c20-16(11-3-5-12(6-4-11)19(21)22)18-15-10-26(23,24)9-14(15)17-8-13-2-1-7-25-13/h1-7,14-15,17H,8-10H2,(H,18,20)/t14-,15+/m1/s1. The van der Waals surface area contributed by atoms with E-state index in [4.69, 9.17) is 4.42 Å². The summed E-state index contributed by atoms with van der Waals surface area (Å²) in [5, 5.41) is 16.5. The normalized spacial score (nSPS) is 21.4. The number of hydrogen-bond donors (Lipinski definition) is 2. The van der Waals surface area contributed by atoms with Crippen molar-refractivity contribution in [3.8, 4) is 0 Å². The third kappa shape index (κ3) is 4.27. The van der Waals surface area contributed by atoms with Crippen LogP contribution in [0.3, 0.4) is 0 Å². The molecule has 0 unspecified atom stereocenters. The molecule has 1 aliphatic heterocycles. The van der Waals surface area contributed by atoms with E-state index in [0.29, 0.717) is 12.3 Å². The Morgan fingerprint density at radius 1 is 1.19 bits per heavy atom. The van der Waals surface area contributed by atoms with Gasteiger partial charge in [-0.2, -0.15) is 0 Å². The molecule has 0 bridgehead atoms. The molecule has 0 aliphatic carbocycles.